The van der Waals surface area contributed by atoms with Crippen molar-refractivity contribution in [2.75, 3.05) is 0 Å². The molecule has 8 heteroatoms. The molecule has 1 aromatic carbocycles. The molecule has 0 fully saturated rings. The van der Waals surface area contributed by atoms with Crippen molar-refractivity contribution in [2.45, 2.75) is 0 Å². The Morgan fingerprint density at radius 3 is 2.68 bits per heavy atom. The third-order valence-electron chi connectivity index (χ3n) is 2.82. The Morgan fingerprint density at radius 2 is 1.95 bits per heavy atom. The minimum atomic E-state index is -0.778. The minimum absolute atomic E-state index is 0.129. The van der Waals surface area contributed by atoms with E-state index in [2.05, 4.69) is 15.0 Å². The van der Waals surface area contributed by atoms with Crippen LogP contribution in [0.2, 0.25) is 0 Å². The zero-order valence-corrected chi connectivity index (χ0v) is 11.9. The zero-order chi connectivity index (χ0) is 15.5. The Balaban J connectivity index is 1.90. The van der Waals surface area contributed by atoms with Gasteiger partial charge in [0.15, 0.2) is 0 Å². The van der Waals surface area contributed by atoms with Crippen LogP contribution in [0.25, 0.3) is 11.3 Å². The Labute approximate surface area is 127 Å². The van der Waals surface area contributed by atoms with E-state index < -0.39 is 17.1 Å². The van der Waals surface area contributed by atoms with Gasteiger partial charge in [0.2, 0.25) is 11.0 Å². The molecular formula is C14H10N4O3S. The lowest BCUT2D eigenvalue weighted by molar-refractivity contribution is 0.447. The highest BCUT2D eigenvalue weighted by molar-refractivity contribution is 7.13. The summed E-state index contributed by atoms with van der Waals surface area (Å²) in [5.74, 6) is -0.530. The van der Waals surface area contributed by atoms with Gasteiger partial charge in [-0.1, -0.05) is 30.3 Å². The standard InChI is InChI=1S/C14H10N4O3S/c19-11-9(12(20)18-13(21)17-11)6-15-14-16-10(7-22-14)8-4-2-1-3-5-8/h1-7H,(H3,17,18,19,20,21)/b15-6+. The highest BCUT2D eigenvalue weighted by atomic mass is 32.1. The van der Waals surface area contributed by atoms with E-state index in [1.807, 2.05) is 40.7 Å². The van der Waals surface area contributed by atoms with E-state index in [4.69, 9.17) is 0 Å². The number of aromatic nitrogens is 3. The highest BCUT2D eigenvalue weighted by Gasteiger charge is 2.07. The first-order valence-corrected chi connectivity index (χ1v) is 7.12. The molecule has 3 aromatic rings. The van der Waals surface area contributed by atoms with Crippen LogP contribution in [0.3, 0.4) is 0 Å². The van der Waals surface area contributed by atoms with Gasteiger partial charge in [0.1, 0.15) is 5.56 Å². The number of H-pyrrole nitrogens is 2. The molecule has 22 heavy (non-hydrogen) atoms. The van der Waals surface area contributed by atoms with E-state index in [0.717, 1.165) is 17.5 Å². The van der Waals surface area contributed by atoms with Crippen molar-refractivity contribution in [2.24, 2.45) is 4.99 Å². The lowest BCUT2D eigenvalue weighted by Crippen LogP contribution is -2.24. The van der Waals surface area contributed by atoms with Crippen LogP contribution < -0.4 is 11.2 Å². The van der Waals surface area contributed by atoms with Crippen LogP contribution in [0, 0.1) is 0 Å². The summed E-state index contributed by atoms with van der Waals surface area (Å²) >= 11 is 1.30. The van der Waals surface area contributed by atoms with E-state index in [1.165, 1.54) is 11.3 Å². The van der Waals surface area contributed by atoms with Crippen molar-refractivity contribution in [3.05, 3.63) is 62.1 Å². The lowest BCUT2D eigenvalue weighted by Gasteiger charge is -1.95. The Kier molecular flexibility index (Phi) is 3.67. The molecule has 0 saturated heterocycles. The second-order valence-corrected chi connectivity index (χ2v) is 5.15. The topological polar surface area (TPSA) is 111 Å². The van der Waals surface area contributed by atoms with Crippen LogP contribution in [0.1, 0.15) is 5.56 Å². The molecule has 3 N–H and O–H groups in total. The summed E-state index contributed by atoms with van der Waals surface area (Å²) in [5, 5.41) is 11.8. The predicted molar refractivity (Wildman–Crippen MR) is 84.2 cm³/mol. The largest absolute Gasteiger partial charge is 0.494 e. The van der Waals surface area contributed by atoms with Gasteiger partial charge in [-0.05, 0) is 0 Å². The molecule has 0 aliphatic rings. The van der Waals surface area contributed by atoms with Crippen LogP contribution >= 0.6 is 11.3 Å². The van der Waals surface area contributed by atoms with Crippen molar-refractivity contribution in [3.63, 3.8) is 0 Å². The molecule has 110 valence electrons. The maximum atomic E-state index is 11.6. The fourth-order valence-corrected chi connectivity index (χ4v) is 2.46. The van der Waals surface area contributed by atoms with Gasteiger partial charge < -0.3 is 5.11 Å². The van der Waals surface area contributed by atoms with Gasteiger partial charge in [0.05, 0.1) is 5.69 Å². The SMILES string of the molecule is O=c1[nH]c(O)c(/C=N/c2nc(-c3ccccc3)cs2)c(=O)[nH]1. The van der Waals surface area contributed by atoms with Crippen LogP contribution in [0.5, 0.6) is 5.88 Å². The Hall–Kier alpha value is -3.00. The average molecular weight is 314 g/mol. The number of rotatable bonds is 3. The van der Waals surface area contributed by atoms with Crippen LogP contribution in [-0.4, -0.2) is 26.3 Å². The molecule has 0 bridgehead atoms. The van der Waals surface area contributed by atoms with Gasteiger partial charge in [-0.3, -0.25) is 14.8 Å². The van der Waals surface area contributed by atoms with E-state index >= 15 is 0 Å². The van der Waals surface area contributed by atoms with Crippen LogP contribution in [0.15, 0.2) is 50.3 Å². The number of benzene rings is 1. The van der Waals surface area contributed by atoms with Crippen molar-refractivity contribution in [3.8, 4) is 17.1 Å². The fourth-order valence-electron chi connectivity index (χ4n) is 1.79. The molecule has 0 aliphatic heterocycles. The maximum absolute atomic E-state index is 11.6. The average Bonchev–Trinajstić information content (AvgIpc) is 2.96. The van der Waals surface area contributed by atoms with Crippen molar-refractivity contribution in [1.82, 2.24) is 15.0 Å². The quantitative estimate of drug-likeness (QED) is 0.638. The zero-order valence-electron chi connectivity index (χ0n) is 11.1. The van der Waals surface area contributed by atoms with Gasteiger partial charge in [-0.15, -0.1) is 11.3 Å². The molecule has 0 atom stereocenters. The molecule has 2 heterocycles. The van der Waals surface area contributed by atoms with Crippen LogP contribution in [-0.2, 0) is 0 Å². The molecule has 2 aromatic heterocycles. The third kappa shape index (κ3) is 2.86. The van der Waals surface area contributed by atoms with Crippen LogP contribution in [0.4, 0.5) is 5.13 Å². The molecule has 0 saturated carbocycles. The number of aromatic amines is 2. The first-order chi connectivity index (χ1) is 10.6. The summed E-state index contributed by atoms with van der Waals surface area (Å²) in [6.45, 7) is 0. The predicted octanol–water partition coefficient (Wildman–Crippen LogP) is 1.64. The molecule has 3 rings (SSSR count). The first-order valence-electron chi connectivity index (χ1n) is 6.24. The molecule has 0 amide bonds. The monoisotopic (exact) mass is 314 g/mol. The summed E-state index contributed by atoms with van der Waals surface area (Å²) in [5.41, 5.74) is 0.114. The van der Waals surface area contributed by atoms with Gasteiger partial charge in [-0.25, -0.2) is 14.8 Å². The van der Waals surface area contributed by atoms with Gasteiger partial charge >= 0.3 is 5.69 Å². The number of nitrogens with zero attached hydrogens (tertiary/aromatic N) is 2. The van der Waals surface area contributed by atoms with E-state index in [0.29, 0.717) is 5.13 Å². The van der Waals surface area contributed by atoms with Crippen molar-refractivity contribution < 1.29 is 5.11 Å². The van der Waals surface area contributed by atoms with E-state index in [-0.39, 0.29) is 5.56 Å². The number of hydrogen-bond donors (Lipinski definition) is 3. The minimum Gasteiger partial charge on any atom is -0.494 e. The molecule has 0 unspecified atom stereocenters. The number of hydrogen-bond acceptors (Lipinski definition) is 6. The maximum Gasteiger partial charge on any atom is 0.328 e. The summed E-state index contributed by atoms with van der Waals surface area (Å²) < 4.78 is 0. The summed E-state index contributed by atoms with van der Waals surface area (Å²) in [6.07, 6.45) is 1.16. The summed E-state index contributed by atoms with van der Waals surface area (Å²) in [6, 6.07) is 9.60. The number of nitrogens with one attached hydrogen (secondary N) is 2. The second-order valence-electron chi connectivity index (χ2n) is 4.31. The molecule has 0 radical (unpaired) electrons. The van der Waals surface area contributed by atoms with E-state index in [9.17, 15) is 14.7 Å². The van der Waals surface area contributed by atoms with E-state index in [1.54, 1.807) is 0 Å². The van der Waals surface area contributed by atoms with Crippen molar-refractivity contribution >= 4 is 22.7 Å². The molecule has 7 nitrogen and oxygen atoms in total. The number of aromatic hydroxyl groups is 1. The highest BCUT2D eigenvalue weighted by Crippen LogP contribution is 2.26. The molecular weight excluding hydrogens is 304 g/mol. The van der Waals surface area contributed by atoms with Gasteiger partial charge in [0.25, 0.3) is 5.56 Å². The second kappa shape index (κ2) is 5.78. The summed E-state index contributed by atoms with van der Waals surface area (Å²) in [4.78, 5) is 35.0. The number of thiazole rings is 1. The van der Waals surface area contributed by atoms with Crippen molar-refractivity contribution in [1.29, 1.82) is 0 Å². The smallest absolute Gasteiger partial charge is 0.328 e. The Bertz CT molecular complexity index is 940. The van der Waals surface area contributed by atoms with Gasteiger partial charge in [0, 0.05) is 17.2 Å². The third-order valence-corrected chi connectivity index (χ3v) is 3.57. The number of aliphatic imine (C=N–C) groups is 1. The molecule has 0 spiro atoms. The first kappa shape index (κ1) is 14.0. The lowest BCUT2D eigenvalue weighted by atomic mass is 10.2. The summed E-state index contributed by atoms with van der Waals surface area (Å²) in [7, 11) is 0. The molecule has 0 aliphatic carbocycles. The van der Waals surface area contributed by atoms with Gasteiger partial charge in [-0.2, -0.15) is 0 Å². The fraction of sp³-hybridized carbons (Fsp3) is 0. The normalized spacial score (nSPS) is 11.1. The Morgan fingerprint density at radius 1 is 1.18 bits per heavy atom.